The van der Waals surface area contributed by atoms with Crippen LogP contribution < -0.4 is 5.32 Å². The molecule has 4 heteroatoms. The van der Waals surface area contributed by atoms with Crippen molar-refractivity contribution in [3.05, 3.63) is 71.8 Å². The summed E-state index contributed by atoms with van der Waals surface area (Å²) in [5.41, 5.74) is 2.13. The molecule has 27 heavy (non-hydrogen) atoms. The maximum atomic E-state index is 13.1. The van der Waals surface area contributed by atoms with Gasteiger partial charge in [0.05, 0.1) is 6.42 Å². The number of rotatable bonds is 10. The highest BCUT2D eigenvalue weighted by Crippen LogP contribution is 2.12. The summed E-state index contributed by atoms with van der Waals surface area (Å²) in [6.45, 7) is 5.15. The van der Waals surface area contributed by atoms with E-state index in [-0.39, 0.29) is 11.8 Å². The molecule has 2 amide bonds. The minimum Gasteiger partial charge on any atom is -0.354 e. The Balaban J connectivity index is 2.14. The van der Waals surface area contributed by atoms with E-state index in [1.54, 1.807) is 4.90 Å². The normalized spacial score (nSPS) is 11.6. The highest BCUT2D eigenvalue weighted by atomic mass is 16.2. The molecule has 4 nitrogen and oxygen atoms in total. The number of carbonyl (C=O) groups excluding carboxylic acids is 2. The fourth-order valence-electron chi connectivity index (χ4n) is 3.13. The van der Waals surface area contributed by atoms with Crippen LogP contribution in [0.25, 0.3) is 0 Å². The molecule has 0 saturated carbocycles. The van der Waals surface area contributed by atoms with Gasteiger partial charge in [-0.15, -0.1) is 0 Å². The fraction of sp³-hybridized carbons (Fsp3) is 0.391. The summed E-state index contributed by atoms with van der Waals surface area (Å²) in [6.07, 6.45) is 2.53. The van der Waals surface area contributed by atoms with Crippen LogP contribution in [-0.4, -0.2) is 35.8 Å². The Hall–Kier alpha value is -2.62. The molecular formula is C23H30N2O2. The van der Waals surface area contributed by atoms with Crippen LogP contribution in [-0.2, 0) is 22.4 Å². The molecule has 2 aromatic rings. The van der Waals surface area contributed by atoms with Crippen molar-refractivity contribution < 1.29 is 9.59 Å². The number of nitrogens with one attached hydrogen (secondary N) is 1. The second-order valence-electron chi connectivity index (χ2n) is 6.70. The molecule has 0 aromatic heterocycles. The summed E-state index contributed by atoms with van der Waals surface area (Å²) in [7, 11) is 0. The Morgan fingerprint density at radius 3 is 2.07 bits per heavy atom. The van der Waals surface area contributed by atoms with Gasteiger partial charge >= 0.3 is 0 Å². The molecule has 0 fully saturated rings. The van der Waals surface area contributed by atoms with Gasteiger partial charge in [0.15, 0.2) is 0 Å². The number of benzene rings is 2. The molecule has 0 bridgehead atoms. The van der Waals surface area contributed by atoms with Gasteiger partial charge in [-0.2, -0.15) is 0 Å². The van der Waals surface area contributed by atoms with Crippen LogP contribution in [0.4, 0.5) is 0 Å². The van der Waals surface area contributed by atoms with Crippen LogP contribution in [0.5, 0.6) is 0 Å². The van der Waals surface area contributed by atoms with E-state index in [2.05, 4.69) is 17.4 Å². The molecule has 1 atom stereocenters. The molecule has 0 saturated heterocycles. The maximum Gasteiger partial charge on any atom is 0.242 e. The van der Waals surface area contributed by atoms with Crippen LogP contribution >= 0.6 is 0 Å². The first-order valence-corrected chi connectivity index (χ1v) is 9.80. The summed E-state index contributed by atoms with van der Waals surface area (Å²) in [5.74, 6) is -0.0653. The van der Waals surface area contributed by atoms with Crippen LogP contribution in [0.1, 0.15) is 37.8 Å². The molecule has 0 aliphatic carbocycles. The van der Waals surface area contributed by atoms with Crippen molar-refractivity contribution in [2.75, 3.05) is 13.1 Å². The minimum atomic E-state index is -0.434. The molecule has 0 spiro atoms. The third kappa shape index (κ3) is 6.55. The van der Waals surface area contributed by atoms with Crippen LogP contribution in [0.15, 0.2) is 60.7 Å². The number of amides is 2. The summed E-state index contributed by atoms with van der Waals surface area (Å²) in [4.78, 5) is 27.5. The van der Waals surface area contributed by atoms with E-state index in [4.69, 9.17) is 0 Å². The maximum absolute atomic E-state index is 13.1. The zero-order valence-corrected chi connectivity index (χ0v) is 16.4. The van der Waals surface area contributed by atoms with E-state index in [1.807, 2.05) is 62.4 Å². The summed E-state index contributed by atoms with van der Waals surface area (Å²) in [6, 6.07) is 19.4. The van der Waals surface area contributed by atoms with Gasteiger partial charge in [0.2, 0.25) is 11.8 Å². The van der Waals surface area contributed by atoms with Crippen LogP contribution in [0, 0.1) is 0 Å². The number of hydrogen-bond donors (Lipinski definition) is 1. The lowest BCUT2D eigenvalue weighted by Gasteiger charge is -2.30. The van der Waals surface area contributed by atoms with Crippen molar-refractivity contribution in [2.24, 2.45) is 0 Å². The van der Waals surface area contributed by atoms with E-state index in [1.165, 1.54) is 5.56 Å². The predicted molar refractivity (Wildman–Crippen MR) is 109 cm³/mol. The van der Waals surface area contributed by atoms with Crippen molar-refractivity contribution in [2.45, 2.75) is 45.6 Å². The van der Waals surface area contributed by atoms with Crippen molar-refractivity contribution >= 4 is 11.8 Å². The van der Waals surface area contributed by atoms with Crippen molar-refractivity contribution in [1.82, 2.24) is 10.2 Å². The second kappa shape index (κ2) is 11.2. The minimum absolute atomic E-state index is 0.00405. The van der Waals surface area contributed by atoms with Gasteiger partial charge in [-0.25, -0.2) is 0 Å². The van der Waals surface area contributed by atoms with E-state index in [9.17, 15) is 9.59 Å². The zero-order valence-electron chi connectivity index (χ0n) is 16.4. The third-order valence-corrected chi connectivity index (χ3v) is 4.62. The van der Waals surface area contributed by atoms with Gasteiger partial charge in [-0.3, -0.25) is 9.59 Å². The fourth-order valence-corrected chi connectivity index (χ4v) is 3.13. The average Bonchev–Trinajstić information content (AvgIpc) is 2.70. The Kier molecular flexibility index (Phi) is 8.56. The van der Waals surface area contributed by atoms with Gasteiger partial charge in [0, 0.05) is 13.1 Å². The summed E-state index contributed by atoms with van der Waals surface area (Å²) in [5, 5.41) is 2.95. The molecule has 0 aliphatic rings. The van der Waals surface area contributed by atoms with Gasteiger partial charge in [-0.05, 0) is 30.4 Å². The molecular weight excluding hydrogens is 336 g/mol. The Morgan fingerprint density at radius 2 is 1.52 bits per heavy atom. The molecule has 2 aromatic carbocycles. The monoisotopic (exact) mass is 366 g/mol. The summed E-state index contributed by atoms with van der Waals surface area (Å²) >= 11 is 0. The van der Waals surface area contributed by atoms with Crippen LogP contribution in [0.2, 0.25) is 0 Å². The first kappa shape index (κ1) is 20.7. The SMILES string of the molecule is CCCNC(=O)[C@H](CC)N(CCc1ccccc1)C(=O)Cc1ccccc1. The smallest absolute Gasteiger partial charge is 0.242 e. The van der Waals surface area contributed by atoms with Gasteiger partial charge in [0.25, 0.3) is 0 Å². The van der Waals surface area contributed by atoms with Crippen molar-refractivity contribution in [1.29, 1.82) is 0 Å². The predicted octanol–water partition coefficient (Wildman–Crippen LogP) is 3.61. The first-order valence-electron chi connectivity index (χ1n) is 9.80. The quantitative estimate of drug-likeness (QED) is 0.698. The molecule has 0 heterocycles. The standard InChI is InChI=1S/C23H30N2O2/c1-3-16-24-23(27)21(4-2)25(17-15-19-11-7-5-8-12-19)22(26)18-20-13-9-6-10-14-20/h5-14,21H,3-4,15-18H2,1-2H3,(H,24,27)/t21-/m0/s1. The van der Waals surface area contributed by atoms with E-state index >= 15 is 0 Å². The molecule has 0 aliphatic heterocycles. The molecule has 0 unspecified atom stereocenters. The third-order valence-electron chi connectivity index (χ3n) is 4.62. The van der Waals surface area contributed by atoms with E-state index in [0.29, 0.717) is 25.9 Å². The van der Waals surface area contributed by atoms with Crippen LogP contribution in [0.3, 0.4) is 0 Å². The highest BCUT2D eigenvalue weighted by molar-refractivity contribution is 5.88. The van der Waals surface area contributed by atoms with Crippen molar-refractivity contribution in [3.63, 3.8) is 0 Å². The number of carbonyl (C=O) groups is 2. The zero-order chi connectivity index (χ0) is 19.5. The molecule has 144 valence electrons. The Morgan fingerprint density at radius 1 is 0.926 bits per heavy atom. The Labute approximate surface area is 162 Å². The number of nitrogens with zero attached hydrogens (tertiary/aromatic N) is 1. The van der Waals surface area contributed by atoms with Gasteiger partial charge < -0.3 is 10.2 Å². The lowest BCUT2D eigenvalue weighted by atomic mass is 10.1. The molecule has 2 rings (SSSR count). The van der Waals surface area contributed by atoms with Crippen molar-refractivity contribution in [3.8, 4) is 0 Å². The van der Waals surface area contributed by atoms with E-state index < -0.39 is 6.04 Å². The lowest BCUT2D eigenvalue weighted by molar-refractivity contribution is -0.140. The number of hydrogen-bond acceptors (Lipinski definition) is 2. The first-order chi connectivity index (χ1) is 13.2. The lowest BCUT2D eigenvalue weighted by Crippen LogP contribution is -2.50. The average molecular weight is 367 g/mol. The van der Waals surface area contributed by atoms with E-state index in [0.717, 1.165) is 18.4 Å². The topological polar surface area (TPSA) is 49.4 Å². The second-order valence-corrected chi connectivity index (χ2v) is 6.70. The molecule has 1 N–H and O–H groups in total. The Bertz CT molecular complexity index is 701. The van der Waals surface area contributed by atoms with Gasteiger partial charge in [0.1, 0.15) is 6.04 Å². The highest BCUT2D eigenvalue weighted by Gasteiger charge is 2.27. The largest absolute Gasteiger partial charge is 0.354 e. The summed E-state index contributed by atoms with van der Waals surface area (Å²) < 4.78 is 0. The van der Waals surface area contributed by atoms with Gasteiger partial charge in [-0.1, -0.05) is 74.5 Å². The molecule has 0 radical (unpaired) electrons.